The lowest BCUT2D eigenvalue weighted by Gasteiger charge is -2.27. The van der Waals surface area contributed by atoms with Gasteiger partial charge in [0.2, 0.25) is 5.91 Å². The molecule has 2 N–H and O–H groups in total. The first kappa shape index (κ1) is 16.1. The molecule has 0 spiro atoms. The Balaban J connectivity index is 2.57. The number of nitrogens with one attached hydrogen (secondary N) is 1. The molecule has 0 aliphatic heterocycles. The van der Waals surface area contributed by atoms with Crippen molar-refractivity contribution < 1.29 is 9.90 Å². The fourth-order valence-electron chi connectivity index (χ4n) is 1.78. The van der Waals surface area contributed by atoms with Crippen LogP contribution in [0.5, 0.6) is 0 Å². The number of amides is 1. The van der Waals surface area contributed by atoms with Crippen molar-refractivity contribution in [2.75, 3.05) is 25.0 Å². The number of halogens is 1. The summed E-state index contributed by atoms with van der Waals surface area (Å²) < 4.78 is 0.855. The van der Waals surface area contributed by atoms with Crippen LogP contribution < -0.4 is 5.32 Å². The Morgan fingerprint density at radius 1 is 1.42 bits per heavy atom. The minimum atomic E-state index is -0.802. The third-order valence-corrected chi connectivity index (χ3v) is 3.26. The summed E-state index contributed by atoms with van der Waals surface area (Å²) in [6.45, 7) is 6.89. The first-order chi connectivity index (χ1) is 8.81. The number of para-hydroxylation sites is 1. The van der Waals surface area contributed by atoms with Crippen LogP contribution in [-0.2, 0) is 4.79 Å². The summed E-state index contributed by atoms with van der Waals surface area (Å²) in [5.41, 5.74) is -0.0457. The van der Waals surface area contributed by atoms with Gasteiger partial charge in [0.25, 0.3) is 0 Å². The molecule has 0 bridgehead atoms. The predicted molar refractivity (Wildman–Crippen MR) is 81.2 cm³/mol. The molecule has 0 aromatic heterocycles. The van der Waals surface area contributed by atoms with Crippen molar-refractivity contribution in [3.63, 3.8) is 0 Å². The number of benzene rings is 1. The van der Waals surface area contributed by atoms with Gasteiger partial charge < -0.3 is 10.4 Å². The monoisotopic (exact) mass is 328 g/mol. The molecule has 0 unspecified atom stereocenters. The third kappa shape index (κ3) is 6.18. The summed E-state index contributed by atoms with van der Waals surface area (Å²) in [7, 11) is 0. The molecule has 106 valence electrons. The second kappa shape index (κ2) is 7.03. The number of rotatable bonds is 6. The van der Waals surface area contributed by atoms with Crippen molar-refractivity contribution in [1.29, 1.82) is 0 Å². The normalized spacial score (nSPS) is 11.7. The lowest BCUT2D eigenvalue weighted by molar-refractivity contribution is -0.117. The van der Waals surface area contributed by atoms with Gasteiger partial charge in [-0.25, -0.2) is 0 Å². The molecule has 5 heteroatoms. The molecule has 0 radical (unpaired) electrons. The first-order valence-electron chi connectivity index (χ1n) is 6.31. The van der Waals surface area contributed by atoms with Gasteiger partial charge in [-0.3, -0.25) is 9.69 Å². The number of nitrogens with zero attached hydrogens (tertiary/aromatic N) is 1. The summed E-state index contributed by atoms with van der Waals surface area (Å²) in [5.74, 6) is -0.0852. The molecule has 0 aliphatic rings. The number of hydrogen-bond acceptors (Lipinski definition) is 3. The van der Waals surface area contributed by atoms with Crippen LogP contribution in [0.25, 0.3) is 0 Å². The van der Waals surface area contributed by atoms with Crippen molar-refractivity contribution in [3.05, 3.63) is 28.7 Å². The van der Waals surface area contributed by atoms with Gasteiger partial charge in [0.05, 0.1) is 17.8 Å². The van der Waals surface area contributed by atoms with E-state index in [9.17, 15) is 9.90 Å². The Morgan fingerprint density at radius 3 is 2.58 bits per heavy atom. The summed E-state index contributed by atoms with van der Waals surface area (Å²) in [6.07, 6.45) is 0. The highest BCUT2D eigenvalue weighted by Gasteiger charge is 2.19. The smallest absolute Gasteiger partial charge is 0.238 e. The predicted octanol–water partition coefficient (Wildman–Crippen LogP) is 2.48. The molecular weight excluding hydrogens is 308 g/mol. The van der Waals surface area contributed by atoms with E-state index in [-0.39, 0.29) is 12.5 Å². The molecule has 0 aliphatic carbocycles. The van der Waals surface area contributed by atoms with E-state index in [0.29, 0.717) is 13.1 Å². The van der Waals surface area contributed by atoms with Crippen LogP contribution in [0.2, 0.25) is 0 Å². The van der Waals surface area contributed by atoms with Crippen LogP contribution >= 0.6 is 15.9 Å². The van der Waals surface area contributed by atoms with Crippen molar-refractivity contribution in [3.8, 4) is 0 Å². The van der Waals surface area contributed by atoms with Gasteiger partial charge in [0.15, 0.2) is 0 Å². The van der Waals surface area contributed by atoms with Gasteiger partial charge in [-0.1, -0.05) is 19.1 Å². The van der Waals surface area contributed by atoms with E-state index >= 15 is 0 Å². The topological polar surface area (TPSA) is 52.6 Å². The maximum absolute atomic E-state index is 12.0. The number of carbonyl (C=O) groups is 1. The molecule has 0 saturated carbocycles. The zero-order valence-corrected chi connectivity index (χ0v) is 13.2. The molecule has 1 amide bonds. The maximum atomic E-state index is 12.0. The van der Waals surface area contributed by atoms with E-state index < -0.39 is 5.60 Å². The van der Waals surface area contributed by atoms with Gasteiger partial charge in [0, 0.05) is 11.0 Å². The van der Waals surface area contributed by atoms with Gasteiger partial charge in [0.1, 0.15) is 0 Å². The molecule has 0 fully saturated rings. The molecule has 1 rings (SSSR count). The molecule has 4 nitrogen and oxygen atoms in total. The minimum absolute atomic E-state index is 0.0852. The lowest BCUT2D eigenvalue weighted by atomic mass is 10.1. The second-order valence-electron chi connectivity index (χ2n) is 5.14. The first-order valence-corrected chi connectivity index (χ1v) is 7.10. The number of carbonyl (C=O) groups excluding carboxylic acids is 1. The van der Waals surface area contributed by atoms with E-state index in [1.165, 1.54) is 0 Å². The van der Waals surface area contributed by atoms with Crippen LogP contribution in [0.4, 0.5) is 5.69 Å². The van der Waals surface area contributed by atoms with Gasteiger partial charge in [-0.15, -0.1) is 0 Å². The highest BCUT2D eigenvalue weighted by molar-refractivity contribution is 9.10. The van der Waals surface area contributed by atoms with E-state index in [4.69, 9.17) is 0 Å². The summed E-state index contributed by atoms with van der Waals surface area (Å²) in [4.78, 5) is 13.9. The number of aliphatic hydroxyl groups is 1. The minimum Gasteiger partial charge on any atom is -0.389 e. The van der Waals surface area contributed by atoms with Crippen molar-refractivity contribution in [2.24, 2.45) is 0 Å². The Morgan fingerprint density at radius 2 is 2.05 bits per heavy atom. The number of likely N-dealkylation sites (N-methyl/N-ethyl adjacent to an activating group) is 1. The molecule has 0 heterocycles. The van der Waals surface area contributed by atoms with Gasteiger partial charge in [-0.05, 0) is 48.5 Å². The van der Waals surface area contributed by atoms with Crippen LogP contribution in [0.1, 0.15) is 20.8 Å². The molecule has 0 saturated heterocycles. The fourth-order valence-corrected chi connectivity index (χ4v) is 2.17. The Kier molecular flexibility index (Phi) is 5.97. The SMILES string of the molecule is CCN(CC(=O)Nc1ccccc1Br)CC(C)(C)O. The van der Waals surface area contributed by atoms with E-state index in [0.717, 1.165) is 10.2 Å². The summed E-state index contributed by atoms with van der Waals surface area (Å²) in [6, 6.07) is 7.49. The Hall–Kier alpha value is -0.910. The average molecular weight is 329 g/mol. The molecule has 1 aromatic carbocycles. The van der Waals surface area contributed by atoms with Crippen LogP contribution in [0.3, 0.4) is 0 Å². The molecular formula is C14H21BrN2O2. The van der Waals surface area contributed by atoms with Crippen molar-refractivity contribution >= 4 is 27.5 Å². The standard InChI is InChI=1S/C14H21BrN2O2/c1-4-17(10-14(2,3)19)9-13(18)16-12-8-6-5-7-11(12)15/h5-8,19H,4,9-10H2,1-3H3,(H,16,18). The van der Waals surface area contributed by atoms with Crippen molar-refractivity contribution in [2.45, 2.75) is 26.4 Å². The Bertz CT molecular complexity index is 430. The molecule has 19 heavy (non-hydrogen) atoms. The summed E-state index contributed by atoms with van der Waals surface area (Å²) >= 11 is 3.39. The summed E-state index contributed by atoms with van der Waals surface area (Å²) in [5, 5.41) is 12.6. The maximum Gasteiger partial charge on any atom is 0.238 e. The van der Waals surface area contributed by atoms with E-state index in [2.05, 4.69) is 21.2 Å². The molecule has 1 aromatic rings. The number of hydrogen-bond donors (Lipinski definition) is 2. The zero-order valence-electron chi connectivity index (χ0n) is 11.6. The largest absolute Gasteiger partial charge is 0.389 e. The lowest BCUT2D eigenvalue weighted by Crippen LogP contribution is -2.42. The van der Waals surface area contributed by atoms with Crippen molar-refractivity contribution in [1.82, 2.24) is 4.90 Å². The highest BCUT2D eigenvalue weighted by atomic mass is 79.9. The van der Waals surface area contributed by atoms with Gasteiger partial charge in [-0.2, -0.15) is 0 Å². The average Bonchev–Trinajstić information content (AvgIpc) is 2.29. The highest BCUT2D eigenvalue weighted by Crippen LogP contribution is 2.21. The van der Waals surface area contributed by atoms with E-state index in [1.54, 1.807) is 13.8 Å². The van der Waals surface area contributed by atoms with Crippen LogP contribution in [-0.4, -0.2) is 41.1 Å². The van der Waals surface area contributed by atoms with Crippen LogP contribution in [0.15, 0.2) is 28.7 Å². The van der Waals surface area contributed by atoms with E-state index in [1.807, 2.05) is 36.1 Å². The number of anilines is 1. The second-order valence-corrected chi connectivity index (χ2v) is 6.00. The van der Waals surface area contributed by atoms with Crippen LogP contribution in [0, 0.1) is 0 Å². The third-order valence-electron chi connectivity index (χ3n) is 2.57. The zero-order chi connectivity index (χ0) is 14.5. The quantitative estimate of drug-likeness (QED) is 0.843. The molecule has 0 atom stereocenters. The Labute approximate surface area is 122 Å². The fraction of sp³-hybridized carbons (Fsp3) is 0.500. The van der Waals surface area contributed by atoms with Gasteiger partial charge >= 0.3 is 0 Å².